The molecule has 29 heavy (non-hydrogen) atoms. The smallest absolute Gasteiger partial charge is 0.275 e. The lowest BCUT2D eigenvalue weighted by atomic mass is 9.99. The molecule has 3 rings (SSSR count). The van der Waals surface area contributed by atoms with Crippen LogP contribution in [0.4, 0.5) is 4.39 Å². The van der Waals surface area contributed by atoms with Crippen molar-refractivity contribution in [2.75, 3.05) is 20.7 Å². The Labute approximate surface area is 170 Å². The van der Waals surface area contributed by atoms with Crippen LogP contribution >= 0.6 is 0 Å². The fourth-order valence-corrected chi connectivity index (χ4v) is 3.37. The van der Waals surface area contributed by atoms with Gasteiger partial charge in [-0.2, -0.15) is 0 Å². The second-order valence-electron chi connectivity index (χ2n) is 7.10. The van der Waals surface area contributed by atoms with Crippen molar-refractivity contribution in [3.8, 4) is 5.75 Å². The summed E-state index contributed by atoms with van der Waals surface area (Å²) in [5.74, 6) is -0.234. The van der Waals surface area contributed by atoms with Gasteiger partial charge in [-0.25, -0.2) is 4.39 Å². The molecule has 5 heteroatoms. The number of carbonyl (C=O) groups excluding carboxylic acids is 1. The zero-order chi connectivity index (χ0) is 20.6. The van der Waals surface area contributed by atoms with Crippen LogP contribution in [0, 0.1) is 5.82 Å². The van der Waals surface area contributed by atoms with E-state index < -0.39 is 5.82 Å². The van der Waals surface area contributed by atoms with Crippen LogP contribution in [0.25, 0.3) is 0 Å². The molecule has 0 radical (unpaired) electrons. The molecule has 150 valence electrons. The molecule has 1 unspecified atom stereocenters. The summed E-state index contributed by atoms with van der Waals surface area (Å²) in [4.78, 5) is 13.7. The highest BCUT2D eigenvalue weighted by Crippen LogP contribution is 2.21. The van der Waals surface area contributed by atoms with Gasteiger partial charge in [-0.3, -0.25) is 4.79 Å². The van der Waals surface area contributed by atoms with Crippen molar-refractivity contribution in [1.29, 1.82) is 0 Å². The Morgan fingerprint density at radius 2 is 1.59 bits per heavy atom. The number of benzene rings is 3. The van der Waals surface area contributed by atoms with Gasteiger partial charge >= 0.3 is 0 Å². The number of hydrogen-bond acceptors (Lipinski definition) is 2. The Bertz CT molecular complexity index is 893. The van der Waals surface area contributed by atoms with Crippen molar-refractivity contribution >= 4 is 5.91 Å². The van der Waals surface area contributed by atoms with E-state index in [1.807, 2.05) is 73.8 Å². The second-order valence-corrected chi connectivity index (χ2v) is 7.10. The van der Waals surface area contributed by atoms with Gasteiger partial charge in [0.05, 0.1) is 20.2 Å². The molecule has 1 atom stereocenters. The molecule has 0 aliphatic rings. The maximum absolute atomic E-state index is 13.9. The molecule has 0 fully saturated rings. The van der Waals surface area contributed by atoms with E-state index in [-0.39, 0.29) is 24.2 Å². The molecule has 0 spiro atoms. The Morgan fingerprint density at radius 3 is 2.10 bits per heavy atom. The van der Waals surface area contributed by atoms with Crippen molar-refractivity contribution in [3.05, 3.63) is 101 Å². The van der Waals surface area contributed by atoms with E-state index in [2.05, 4.69) is 5.32 Å². The molecule has 3 aromatic carbocycles. The average Bonchev–Trinajstić information content (AvgIpc) is 2.73. The zero-order valence-electron chi connectivity index (χ0n) is 16.7. The highest BCUT2D eigenvalue weighted by atomic mass is 19.1. The first-order valence-electron chi connectivity index (χ1n) is 9.60. The summed E-state index contributed by atoms with van der Waals surface area (Å²) in [7, 11) is 3.36. The maximum atomic E-state index is 13.9. The monoisotopic (exact) mass is 393 g/mol. The van der Waals surface area contributed by atoms with Crippen molar-refractivity contribution in [2.24, 2.45) is 0 Å². The van der Waals surface area contributed by atoms with Crippen LogP contribution < -0.4 is 15.0 Å². The van der Waals surface area contributed by atoms with Crippen molar-refractivity contribution in [2.45, 2.75) is 12.6 Å². The minimum atomic E-state index is -0.393. The van der Waals surface area contributed by atoms with Gasteiger partial charge in [0.2, 0.25) is 0 Å². The van der Waals surface area contributed by atoms with Gasteiger partial charge in [-0.05, 0) is 29.3 Å². The number of rotatable bonds is 8. The summed E-state index contributed by atoms with van der Waals surface area (Å²) in [6.07, 6.45) is 0. The molecule has 1 amide bonds. The summed E-state index contributed by atoms with van der Waals surface area (Å²) < 4.78 is 18.8. The molecule has 0 saturated heterocycles. The van der Waals surface area contributed by atoms with E-state index in [0.29, 0.717) is 6.54 Å². The Morgan fingerprint density at radius 1 is 1.00 bits per heavy atom. The molecule has 0 aliphatic heterocycles. The molecular weight excluding hydrogens is 367 g/mol. The first kappa shape index (κ1) is 20.6. The first-order valence-corrected chi connectivity index (χ1v) is 9.60. The number of hydrogen-bond donors (Lipinski definition) is 2. The molecule has 0 aromatic heterocycles. The lowest BCUT2D eigenvalue weighted by Crippen LogP contribution is -3.08. The van der Waals surface area contributed by atoms with Crippen LogP contribution in [0.2, 0.25) is 0 Å². The number of ether oxygens (including phenoxy) is 1. The van der Waals surface area contributed by atoms with Gasteiger partial charge in [0.15, 0.2) is 18.1 Å². The van der Waals surface area contributed by atoms with Gasteiger partial charge in [0.1, 0.15) is 6.54 Å². The standard InChI is InChI=1S/C24H25FN2O2/c1-27(16-18-13-14-22(29-2)21(25)15-18)17-23(28)26-24(19-9-5-3-6-10-19)20-11-7-4-8-12-20/h3-15,24H,16-17H2,1-2H3,(H,26,28)/p+1. The molecule has 0 aliphatic carbocycles. The van der Waals surface area contributed by atoms with Gasteiger partial charge < -0.3 is 15.0 Å². The summed E-state index contributed by atoms with van der Waals surface area (Å²) >= 11 is 0. The zero-order valence-corrected chi connectivity index (χ0v) is 16.7. The predicted octanol–water partition coefficient (Wildman–Crippen LogP) is 2.75. The Balaban J connectivity index is 1.66. The fraction of sp³-hybridized carbons (Fsp3) is 0.208. The van der Waals surface area contributed by atoms with E-state index in [1.54, 1.807) is 6.07 Å². The predicted molar refractivity (Wildman–Crippen MR) is 111 cm³/mol. The molecule has 0 bridgehead atoms. The normalized spacial score (nSPS) is 11.9. The summed E-state index contributed by atoms with van der Waals surface area (Å²) in [6, 6.07) is 24.5. The van der Waals surface area contributed by atoms with Gasteiger partial charge in [-0.15, -0.1) is 0 Å². The number of quaternary nitrogens is 1. The van der Waals surface area contributed by atoms with E-state index in [9.17, 15) is 9.18 Å². The Hall–Kier alpha value is -3.18. The van der Waals surface area contributed by atoms with Crippen LogP contribution in [-0.4, -0.2) is 26.6 Å². The number of likely N-dealkylation sites (N-methyl/N-ethyl adjacent to an activating group) is 1. The van der Waals surface area contributed by atoms with Crippen LogP contribution in [0.5, 0.6) is 5.75 Å². The minimum absolute atomic E-state index is 0.0609. The largest absolute Gasteiger partial charge is 0.494 e. The third-order valence-corrected chi connectivity index (χ3v) is 4.76. The molecule has 0 heterocycles. The van der Waals surface area contributed by atoms with E-state index in [1.165, 1.54) is 13.2 Å². The van der Waals surface area contributed by atoms with Gasteiger partial charge in [0.25, 0.3) is 5.91 Å². The summed E-state index contributed by atoms with van der Waals surface area (Å²) in [5.41, 5.74) is 2.88. The lowest BCUT2D eigenvalue weighted by molar-refractivity contribution is -0.885. The van der Waals surface area contributed by atoms with Crippen LogP contribution in [0.15, 0.2) is 78.9 Å². The Kier molecular flexibility index (Phi) is 6.98. The molecule has 4 nitrogen and oxygen atoms in total. The highest BCUT2D eigenvalue weighted by Gasteiger charge is 2.19. The topological polar surface area (TPSA) is 42.8 Å². The number of nitrogens with one attached hydrogen (secondary N) is 2. The second kappa shape index (κ2) is 9.85. The van der Waals surface area contributed by atoms with Crippen molar-refractivity contribution in [1.82, 2.24) is 5.32 Å². The quantitative estimate of drug-likeness (QED) is 0.618. The molecule has 0 saturated carbocycles. The number of methoxy groups -OCH3 is 1. The van der Waals surface area contributed by atoms with Crippen LogP contribution in [-0.2, 0) is 11.3 Å². The third-order valence-electron chi connectivity index (χ3n) is 4.76. The van der Waals surface area contributed by atoms with Crippen LogP contribution in [0.3, 0.4) is 0 Å². The minimum Gasteiger partial charge on any atom is -0.494 e. The fourth-order valence-electron chi connectivity index (χ4n) is 3.37. The number of carbonyl (C=O) groups is 1. The third kappa shape index (κ3) is 5.65. The molecule has 2 N–H and O–H groups in total. The molecular formula is C24H26FN2O2+. The van der Waals surface area contributed by atoms with Crippen molar-refractivity contribution in [3.63, 3.8) is 0 Å². The van der Waals surface area contributed by atoms with Crippen molar-refractivity contribution < 1.29 is 18.8 Å². The SMILES string of the molecule is COc1ccc(C[NH+](C)CC(=O)NC(c2ccccc2)c2ccccc2)cc1F. The molecule has 3 aromatic rings. The van der Waals surface area contributed by atoms with E-state index in [0.717, 1.165) is 21.6 Å². The van der Waals surface area contributed by atoms with Gasteiger partial charge in [-0.1, -0.05) is 60.7 Å². The summed E-state index contributed by atoms with van der Waals surface area (Å²) in [6.45, 7) is 0.819. The number of amides is 1. The first-order chi connectivity index (χ1) is 14.1. The average molecular weight is 393 g/mol. The maximum Gasteiger partial charge on any atom is 0.275 e. The lowest BCUT2D eigenvalue weighted by Gasteiger charge is -2.21. The number of halogens is 1. The van der Waals surface area contributed by atoms with Crippen LogP contribution in [0.1, 0.15) is 22.7 Å². The van der Waals surface area contributed by atoms with E-state index >= 15 is 0 Å². The van der Waals surface area contributed by atoms with E-state index in [4.69, 9.17) is 4.74 Å². The van der Waals surface area contributed by atoms with Gasteiger partial charge in [0, 0.05) is 5.56 Å². The highest BCUT2D eigenvalue weighted by molar-refractivity contribution is 5.77. The summed E-state index contributed by atoms with van der Waals surface area (Å²) in [5, 5.41) is 3.14.